The highest BCUT2D eigenvalue weighted by atomic mass is 32.2. The van der Waals surface area contributed by atoms with E-state index < -0.39 is 9.84 Å². The van der Waals surface area contributed by atoms with E-state index in [2.05, 4.69) is 15.3 Å². The van der Waals surface area contributed by atoms with E-state index in [0.29, 0.717) is 30.6 Å². The highest BCUT2D eigenvalue weighted by Crippen LogP contribution is 2.09. The van der Waals surface area contributed by atoms with Crippen molar-refractivity contribution in [2.24, 2.45) is 0 Å². The average Bonchev–Trinajstić information content (AvgIpc) is 2.35. The molecule has 0 aliphatic heterocycles. The van der Waals surface area contributed by atoms with Crippen LogP contribution in [0.25, 0.3) is 0 Å². The molecule has 7 nitrogen and oxygen atoms in total. The molecule has 0 atom stereocenters. The Labute approximate surface area is 113 Å². The Morgan fingerprint density at radius 1 is 1.37 bits per heavy atom. The number of aromatic nitrogens is 2. The Hall–Kier alpha value is -1.41. The predicted octanol–water partition coefficient (Wildman–Crippen LogP) is 0.442. The molecular weight excluding hydrogens is 268 g/mol. The van der Waals surface area contributed by atoms with Crippen molar-refractivity contribution in [3.8, 4) is 0 Å². The summed E-state index contributed by atoms with van der Waals surface area (Å²) < 4.78 is 27.9. The van der Waals surface area contributed by atoms with Gasteiger partial charge in [0.25, 0.3) is 0 Å². The van der Waals surface area contributed by atoms with Crippen LogP contribution in [-0.2, 0) is 21.2 Å². The molecular formula is C11H20N4O3S. The first-order valence-electron chi connectivity index (χ1n) is 6.12. The molecule has 19 heavy (non-hydrogen) atoms. The molecule has 1 heterocycles. The molecule has 0 unspecified atom stereocenters. The second kappa shape index (κ2) is 7.25. The molecule has 0 radical (unpaired) electrons. The van der Waals surface area contributed by atoms with Gasteiger partial charge in [-0.2, -0.15) is 0 Å². The first-order valence-corrected chi connectivity index (χ1v) is 7.94. The number of rotatable bonds is 8. The molecule has 0 saturated carbocycles. The minimum Gasteiger partial charge on any atom is -0.384 e. The monoisotopic (exact) mass is 288 g/mol. The minimum atomic E-state index is -2.99. The molecule has 1 rings (SSSR count). The fourth-order valence-electron chi connectivity index (χ4n) is 1.35. The molecule has 0 spiro atoms. The van der Waals surface area contributed by atoms with E-state index in [4.69, 9.17) is 10.5 Å². The smallest absolute Gasteiger partial charge is 0.158 e. The van der Waals surface area contributed by atoms with Crippen molar-refractivity contribution >= 4 is 21.5 Å². The van der Waals surface area contributed by atoms with E-state index in [1.165, 1.54) is 0 Å². The van der Waals surface area contributed by atoms with Gasteiger partial charge in [-0.15, -0.1) is 0 Å². The quantitative estimate of drug-likeness (QED) is 0.714. The maximum atomic E-state index is 11.3. The van der Waals surface area contributed by atoms with Crippen LogP contribution in [-0.4, -0.2) is 43.0 Å². The molecule has 1 aromatic rings. The van der Waals surface area contributed by atoms with E-state index in [-0.39, 0.29) is 18.1 Å². The molecule has 0 aliphatic rings. The summed E-state index contributed by atoms with van der Waals surface area (Å²) >= 11 is 0. The van der Waals surface area contributed by atoms with Crippen LogP contribution in [0, 0.1) is 0 Å². The topological polar surface area (TPSA) is 107 Å². The summed E-state index contributed by atoms with van der Waals surface area (Å²) in [6.45, 7) is 4.64. The SMILES string of the molecule is CCOCc1nc(N)cc(NCCS(=O)(=O)CC)n1. The minimum absolute atomic E-state index is 0.0637. The second-order valence-electron chi connectivity index (χ2n) is 3.89. The van der Waals surface area contributed by atoms with Crippen LogP contribution in [0.2, 0.25) is 0 Å². The van der Waals surface area contributed by atoms with Gasteiger partial charge in [-0.1, -0.05) is 6.92 Å². The van der Waals surface area contributed by atoms with Gasteiger partial charge in [-0.25, -0.2) is 18.4 Å². The van der Waals surface area contributed by atoms with Crippen molar-refractivity contribution in [2.75, 3.05) is 35.7 Å². The summed E-state index contributed by atoms with van der Waals surface area (Å²) in [4.78, 5) is 8.22. The number of ether oxygens (including phenoxy) is 1. The fraction of sp³-hybridized carbons (Fsp3) is 0.636. The van der Waals surface area contributed by atoms with Crippen LogP contribution in [0.15, 0.2) is 6.07 Å². The largest absolute Gasteiger partial charge is 0.384 e. The summed E-state index contributed by atoms with van der Waals surface area (Å²) in [5.74, 6) is 1.51. The van der Waals surface area contributed by atoms with Crippen LogP contribution in [0.3, 0.4) is 0 Å². The van der Waals surface area contributed by atoms with Crippen molar-refractivity contribution in [3.63, 3.8) is 0 Å². The second-order valence-corrected chi connectivity index (χ2v) is 6.37. The van der Waals surface area contributed by atoms with Crippen LogP contribution < -0.4 is 11.1 Å². The lowest BCUT2D eigenvalue weighted by molar-refractivity contribution is 0.128. The van der Waals surface area contributed by atoms with E-state index in [1.54, 1.807) is 13.0 Å². The summed E-state index contributed by atoms with van der Waals surface area (Å²) in [7, 11) is -2.99. The zero-order valence-corrected chi connectivity index (χ0v) is 12.0. The highest BCUT2D eigenvalue weighted by Gasteiger charge is 2.08. The predicted molar refractivity (Wildman–Crippen MR) is 74.6 cm³/mol. The number of nitrogens with two attached hydrogens (primary N) is 1. The van der Waals surface area contributed by atoms with Crippen LogP contribution in [0.1, 0.15) is 19.7 Å². The van der Waals surface area contributed by atoms with Crippen molar-refractivity contribution in [3.05, 3.63) is 11.9 Å². The zero-order valence-electron chi connectivity index (χ0n) is 11.2. The maximum absolute atomic E-state index is 11.3. The first kappa shape index (κ1) is 15.6. The van der Waals surface area contributed by atoms with Gasteiger partial charge in [-0.3, -0.25) is 0 Å². The van der Waals surface area contributed by atoms with E-state index in [9.17, 15) is 8.42 Å². The molecule has 108 valence electrons. The summed E-state index contributed by atoms with van der Waals surface area (Å²) in [6, 6.07) is 1.56. The van der Waals surface area contributed by atoms with Crippen LogP contribution in [0.5, 0.6) is 0 Å². The molecule has 0 bridgehead atoms. The normalized spacial score (nSPS) is 11.5. The molecule has 3 N–H and O–H groups in total. The Balaban J connectivity index is 2.60. The molecule has 0 fully saturated rings. The van der Waals surface area contributed by atoms with E-state index >= 15 is 0 Å². The van der Waals surface area contributed by atoms with Gasteiger partial charge < -0.3 is 15.8 Å². The lowest BCUT2D eigenvalue weighted by Gasteiger charge is -2.08. The third-order valence-electron chi connectivity index (χ3n) is 2.39. The van der Waals surface area contributed by atoms with Gasteiger partial charge in [0.05, 0.1) is 5.75 Å². The highest BCUT2D eigenvalue weighted by molar-refractivity contribution is 7.91. The number of anilines is 2. The third kappa shape index (κ3) is 5.84. The lowest BCUT2D eigenvalue weighted by Crippen LogP contribution is -2.18. The van der Waals surface area contributed by atoms with Gasteiger partial charge in [0.1, 0.15) is 18.2 Å². The summed E-state index contributed by atoms with van der Waals surface area (Å²) in [5, 5.41) is 2.93. The van der Waals surface area contributed by atoms with Gasteiger partial charge >= 0.3 is 0 Å². The Morgan fingerprint density at radius 3 is 2.74 bits per heavy atom. The average molecular weight is 288 g/mol. The number of hydrogen-bond acceptors (Lipinski definition) is 7. The van der Waals surface area contributed by atoms with Crippen LogP contribution in [0.4, 0.5) is 11.6 Å². The van der Waals surface area contributed by atoms with Crippen molar-refractivity contribution in [1.29, 1.82) is 0 Å². The molecule has 0 aliphatic carbocycles. The summed E-state index contributed by atoms with van der Waals surface area (Å²) in [5.41, 5.74) is 5.65. The third-order valence-corrected chi connectivity index (χ3v) is 4.09. The number of nitrogen functional groups attached to an aromatic ring is 1. The Morgan fingerprint density at radius 2 is 2.11 bits per heavy atom. The standard InChI is InChI=1S/C11H20N4O3S/c1-3-18-8-11-14-9(12)7-10(15-11)13-5-6-19(16,17)4-2/h7H,3-6,8H2,1-2H3,(H3,12,13,14,15). The Kier molecular flexibility index (Phi) is 5.97. The van der Waals surface area contributed by atoms with Gasteiger partial charge in [0.2, 0.25) is 0 Å². The van der Waals surface area contributed by atoms with Crippen molar-refractivity contribution < 1.29 is 13.2 Å². The first-order chi connectivity index (χ1) is 8.96. The molecule has 0 saturated heterocycles. The maximum Gasteiger partial charge on any atom is 0.158 e. The number of nitrogens with zero attached hydrogens (tertiary/aromatic N) is 2. The molecule has 0 aromatic carbocycles. The fourth-order valence-corrected chi connectivity index (χ4v) is 2.05. The molecule has 8 heteroatoms. The van der Waals surface area contributed by atoms with E-state index in [0.717, 1.165) is 0 Å². The number of sulfone groups is 1. The van der Waals surface area contributed by atoms with E-state index in [1.807, 2.05) is 6.92 Å². The molecule has 0 amide bonds. The van der Waals surface area contributed by atoms with Crippen LogP contribution >= 0.6 is 0 Å². The molecule has 1 aromatic heterocycles. The van der Waals surface area contributed by atoms with Gasteiger partial charge in [0, 0.05) is 25.0 Å². The van der Waals surface area contributed by atoms with Crippen molar-refractivity contribution in [2.45, 2.75) is 20.5 Å². The zero-order chi connectivity index (χ0) is 14.3. The van der Waals surface area contributed by atoms with Gasteiger partial charge in [0.15, 0.2) is 15.7 Å². The van der Waals surface area contributed by atoms with Gasteiger partial charge in [-0.05, 0) is 6.92 Å². The van der Waals surface area contributed by atoms with Crippen molar-refractivity contribution in [1.82, 2.24) is 9.97 Å². The summed E-state index contributed by atoms with van der Waals surface area (Å²) in [6.07, 6.45) is 0. The number of nitrogens with one attached hydrogen (secondary N) is 1. The lowest BCUT2D eigenvalue weighted by atomic mass is 10.5. The Bertz CT molecular complexity index is 505. The number of hydrogen-bond donors (Lipinski definition) is 2.